The summed E-state index contributed by atoms with van der Waals surface area (Å²) in [7, 11) is 0. The predicted octanol–water partition coefficient (Wildman–Crippen LogP) is 1.34. The standard InChI is InChI=1S/C9H15BrN4O/c1-6(2)3-7(10)4-11-9(15)8-5-12-14-13-8/h5-7H,3-4H2,1-2H3,(H,11,15)(H,12,13,14). The Morgan fingerprint density at radius 1 is 1.67 bits per heavy atom. The monoisotopic (exact) mass is 274 g/mol. The highest BCUT2D eigenvalue weighted by Crippen LogP contribution is 2.11. The molecular weight excluding hydrogens is 260 g/mol. The van der Waals surface area contributed by atoms with Crippen molar-refractivity contribution < 1.29 is 4.79 Å². The molecule has 0 bridgehead atoms. The number of hydrogen-bond donors (Lipinski definition) is 2. The lowest BCUT2D eigenvalue weighted by Crippen LogP contribution is -2.30. The Labute approximate surface area is 97.2 Å². The van der Waals surface area contributed by atoms with Crippen molar-refractivity contribution in [2.24, 2.45) is 5.92 Å². The number of nitrogens with one attached hydrogen (secondary N) is 2. The van der Waals surface area contributed by atoms with Gasteiger partial charge in [0, 0.05) is 11.4 Å². The second-order valence-corrected chi connectivity index (χ2v) is 5.09. The van der Waals surface area contributed by atoms with Crippen LogP contribution in [-0.4, -0.2) is 32.7 Å². The number of H-pyrrole nitrogens is 1. The van der Waals surface area contributed by atoms with Crippen LogP contribution < -0.4 is 5.32 Å². The third kappa shape index (κ3) is 4.42. The lowest BCUT2D eigenvalue weighted by atomic mass is 10.1. The molecule has 0 radical (unpaired) electrons. The largest absolute Gasteiger partial charge is 0.349 e. The fourth-order valence-corrected chi connectivity index (χ4v) is 2.11. The van der Waals surface area contributed by atoms with Crippen LogP contribution in [0.4, 0.5) is 0 Å². The number of hydrogen-bond acceptors (Lipinski definition) is 3. The second kappa shape index (κ2) is 5.85. The molecule has 1 atom stereocenters. The molecule has 0 spiro atoms. The van der Waals surface area contributed by atoms with E-state index in [1.54, 1.807) is 0 Å². The summed E-state index contributed by atoms with van der Waals surface area (Å²) in [5.41, 5.74) is 0.319. The van der Waals surface area contributed by atoms with E-state index in [1.165, 1.54) is 6.20 Å². The number of carbonyl (C=O) groups is 1. The van der Waals surface area contributed by atoms with E-state index in [1.807, 2.05) is 0 Å². The van der Waals surface area contributed by atoms with Gasteiger partial charge in [-0.3, -0.25) is 4.79 Å². The maximum atomic E-state index is 11.4. The van der Waals surface area contributed by atoms with Gasteiger partial charge in [0.1, 0.15) is 0 Å². The van der Waals surface area contributed by atoms with Gasteiger partial charge in [-0.1, -0.05) is 29.8 Å². The number of alkyl halides is 1. The lowest BCUT2D eigenvalue weighted by molar-refractivity contribution is 0.0948. The molecule has 1 amide bonds. The van der Waals surface area contributed by atoms with Crippen LogP contribution in [0, 0.1) is 5.92 Å². The summed E-state index contributed by atoms with van der Waals surface area (Å²) in [5.74, 6) is 0.412. The van der Waals surface area contributed by atoms with Gasteiger partial charge in [0.2, 0.25) is 0 Å². The average Bonchev–Trinajstić information content (AvgIpc) is 2.65. The van der Waals surface area contributed by atoms with E-state index < -0.39 is 0 Å². The zero-order valence-electron chi connectivity index (χ0n) is 8.83. The number of halogens is 1. The average molecular weight is 275 g/mol. The van der Waals surface area contributed by atoms with E-state index in [2.05, 4.69) is 50.5 Å². The first kappa shape index (κ1) is 12.2. The first-order valence-corrected chi connectivity index (χ1v) is 5.79. The molecule has 5 nitrogen and oxygen atoms in total. The van der Waals surface area contributed by atoms with Crippen molar-refractivity contribution in [3.05, 3.63) is 11.9 Å². The van der Waals surface area contributed by atoms with Crippen LogP contribution in [0.15, 0.2) is 6.20 Å². The molecule has 0 aliphatic carbocycles. The molecule has 1 aromatic rings. The molecule has 0 aliphatic heterocycles. The number of amides is 1. The minimum atomic E-state index is -0.197. The minimum Gasteiger partial charge on any atom is -0.349 e. The summed E-state index contributed by atoms with van der Waals surface area (Å²) in [6.45, 7) is 4.89. The van der Waals surface area contributed by atoms with E-state index in [-0.39, 0.29) is 5.91 Å². The summed E-state index contributed by atoms with van der Waals surface area (Å²) < 4.78 is 0. The van der Waals surface area contributed by atoms with Crippen molar-refractivity contribution in [3.63, 3.8) is 0 Å². The maximum absolute atomic E-state index is 11.4. The van der Waals surface area contributed by atoms with Gasteiger partial charge in [-0.2, -0.15) is 15.4 Å². The minimum absolute atomic E-state index is 0.197. The van der Waals surface area contributed by atoms with Crippen LogP contribution in [0.1, 0.15) is 30.8 Å². The zero-order valence-corrected chi connectivity index (χ0v) is 10.4. The normalized spacial score (nSPS) is 12.8. The molecule has 2 N–H and O–H groups in total. The number of aromatic nitrogens is 3. The lowest BCUT2D eigenvalue weighted by Gasteiger charge is -2.12. The number of rotatable bonds is 5. The molecule has 1 unspecified atom stereocenters. The van der Waals surface area contributed by atoms with Gasteiger partial charge in [-0.25, -0.2) is 0 Å². The smallest absolute Gasteiger partial charge is 0.273 e. The van der Waals surface area contributed by atoms with Gasteiger partial charge in [0.05, 0.1) is 6.20 Å². The van der Waals surface area contributed by atoms with E-state index in [0.29, 0.717) is 23.0 Å². The first-order chi connectivity index (χ1) is 7.09. The first-order valence-electron chi connectivity index (χ1n) is 4.87. The van der Waals surface area contributed by atoms with E-state index in [4.69, 9.17) is 0 Å². The van der Waals surface area contributed by atoms with E-state index >= 15 is 0 Å². The van der Waals surface area contributed by atoms with Gasteiger partial charge in [0.25, 0.3) is 5.91 Å². The molecule has 84 valence electrons. The summed E-state index contributed by atoms with van der Waals surface area (Å²) in [4.78, 5) is 11.7. The van der Waals surface area contributed by atoms with Crippen molar-refractivity contribution in [2.75, 3.05) is 6.54 Å². The third-order valence-electron chi connectivity index (χ3n) is 1.86. The van der Waals surface area contributed by atoms with Gasteiger partial charge < -0.3 is 5.32 Å². The van der Waals surface area contributed by atoms with Crippen molar-refractivity contribution in [3.8, 4) is 0 Å². The summed E-state index contributed by atoms with van der Waals surface area (Å²) in [6.07, 6.45) is 2.43. The Bertz CT molecular complexity index is 299. The molecule has 1 heterocycles. The van der Waals surface area contributed by atoms with Crippen LogP contribution in [0.25, 0.3) is 0 Å². The van der Waals surface area contributed by atoms with Crippen LogP contribution >= 0.6 is 15.9 Å². The van der Waals surface area contributed by atoms with Crippen molar-refractivity contribution in [2.45, 2.75) is 25.1 Å². The molecule has 6 heteroatoms. The Balaban J connectivity index is 2.28. The summed E-state index contributed by atoms with van der Waals surface area (Å²) >= 11 is 3.51. The number of nitrogens with zero attached hydrogens (tertiary/aromatic N) is 2. The van der Waals surface area contributed by atoms with Gasteiger partial charge in [-0.15, -0.1) is 0 Å². The number of carbonyl (C=O) groups excluding carboxylic acids is 1. The summed E-state index contributed by atoms with van der Waals surface area (Å²) in [6, 6.07) is 0. The third-order valence-corrected chi connectivity index (χ3v) is 2.56. The Morgan fingerprint density at radius 3 is 2.93 bits per heavy atom. The van der Waals surface area contributed by atoms with Crippen LogP contribution in [0.2, 0.25) is 0 Å². The Morgan fingerprint density at radius 2 is 2.40 bits per heavy atom. The molecular formula is C9H15BrN4O. The quantitative estimate of drug-likeness (QED) is 0.797. The Hall–Kier alpha value is -0.910. The molecule has 0 saturated heterocycles. The fourth-order valence-electron chi connectivity index (χ4n) is 1.20. The zero-order chi connectivity index (χ0) is 11.3. The SMILES string of the molecule is CC(C)CC(Br)CNC(=O)c1cn[nH]n1. The van der Waals surface area contributed by atoms with Gasteiger partial charge in [0.15, 0.2) is 5.69 Å². The molecule has 0 aliphatic rings. The molecule has 15 heavy (non-hydrogen) atoms. The summed E-state index contributed by atoms with van der Waals surface area (Å²) in [5, 5.41) is 12.4. The van der Waals surface area contributed by atoms with Crippen LogP contribution in [0.5, 0.6) is 0 Å². The molecule has 0 aromatic carbocycles. The maximum Gasteiger partial charge on any atom is 0.273 e. The highest BCUT2D eigenvalue weighted by Gasteiger charge is 2.11. The van der Waals surface area contributed by atoms with Gasteiger partial charge >= 0.3 is 0 Å². The molecule has 1 rings (SSSR count). The highest BCUT2D eigenvalue weighted by atomic mass is 79.9. The van der Waals surface area contributed by atoms with Crippen molar-refractivity contribution in [1.82, 2.24) is 20.7 Å². The van der Waals surface area contributed by atoms with Crippen molar-refractivity contribution in [1.29, 1.82) is 0 Å². The second-order valence-electron chi connectivity index (χ2n) is 3.79. The fraction of sp³-hybridized carbons (Fsp3) is 0.667. The Kier molecular flexibility index (Phi) is 4.74. The van der Waals surface area contributed by atoms with Crippen molar-refractivity contribution >= 4 is 21.8 Å². The van der Waals surface area contributed by atoms with Crippen LogP contribution in [0.3, 0.4) is 0 Å². The van der Waals surface area contributed by atoms with E-state index in [0.717, 1.165) is 6.42 Å². The highest BCUT2D eigenvalue weighted by molar-refractivity contribution is 9.09. The molecule has 0 fully saturated rings. The topological polar surface area (TPSA) is 70.7 Å². The number of aromatic amines is 1. The van der Waals surface area contributed by atoms with E-state index in [9.17, 15) is 4.79 Å². The van der Waals surface area contributed by atoms with Gasteiger partial charge in [-0.05, 0) is 12.3 Å². The molecule has 1 aromatic heterocycles. The van der Waals surface area contributed by atoms with Crippen LogP contribution in [-0.2, 0) is 0 Å². The molecule has 0 saturated carbocycles. The predicted molar refractivity (Wildman–Crippen MR) is 60.9 cm³/mol.